The van der Waals surface area contributed by atoms with Gasteiger partial charge in [-0.1, -0.05) is 23.4 Å². The lowest BCUT2D eigenvalue weighted by Crippen LogP contribution is -2.15. The Kier molecular flexibility index (Phi) is 4.63. The number of halogens is 1. The zero-order chi connectivity index (χ0) is 15.5. The van der Waals surface area contributed by atoms with Crippen LogP contribution in [0.4, 0.5) is 5.82 Å². The van der Waals surface area contributed by atoms with E-state index in [-0.39, 0.29) is 11.7 Å². The van der Waals surface area contributed by atoms with Gasteiger partial charge in [0.25, 0.3) is 0 Å². The molecule has 0 aliphatic heterocycles. The van der Waals surface area contributed by atoms with E-state index < -0.39 is 0 Å². The molecule has 1 N–H and O–H groups in total. The number of thioether (sulfide) groups is 1. The second-order valence-electron chi connectivity index (χ2n) is 5.06. The number of nitrogens with zero attached hydrogens (tertiary/aromatic N) is 4. The predicted molar refractivity (Wildman–Crippen MR) is 86.3 cm³/mol. The van der Waals surface area contributed by atoms with E-state index in [1.165, 1.54) is 30.8 Å². The summed E-state index contributed by atoms with van der Waals surface area (Å²) in [5.74, 6) is 2.23. The second kappa shape index (κ2) is 6.66. The summed E-state index contributed by atoms with van der Waals surface area (Å²) in [6, 6.07) is 3.36. The number of hydrogen-bond acceptors (Lipinski definition) is 5. The fourth-order valence-electron chi connectivity index (χ4n) is 2.11. The molecule has 0 spiro atoms. The minimum Gasteiger partial charge on any atom is -0.310 e. The first-order valence-corrected chi connectivity index (χ1v) is 8.51. The first kappa shape index (κ1) is 15.3. The number of anilines is 1. The molecule has 22 heavy (non-hydrogen) atoms. The summed E-state index contributed by atoms with van der Waals surface area (Å²) in [7, 11) is 0. The summed E-state index contributed by atoms with van der Waals surface area (Å²) in [6.07, 6.45) is 3.87. The molecule has 2 aromatic rings. The van der Waals surface area contributed by atoms with Gasteiger partial charge in [-0.05, 0) is 31.9 Å². The molecule has 2 aromatic heterocycles. The third-order valence-electron chi connectivity index (χ3n) is 3.33. The van der Waals surface area contributed by atoms with Gasteiger partial charge in [-0.2, -0.15) is 0 Å². The van der Waals surface area contributed by atoms with Crippen LogP contribution in [0.2, 0.25) is 5.02 Å². The Morgan fingerprint density at radius 2 is 2.27 bits per heavy atom. The summed E-state index contributed by atoms with van der Waals surface area (Å²) in [4.78, 5) is 16.0. The number of nitrogens with one attached hydrogen (secondary N) is 1. The van der Waals surface area contributed by atoms with E-state index in [0.29, 0.717) is 16.8 Å². The Labute approximate surface area is 137 Å². The van der Waals surface area contributed by atoms with Crippen molar-refractivity contribution in [2.24, 2.45) is 0 Å². The standard InChI is InChI=1S/C14H16ClN5OS/c1-2-20-13(9-3-4-9)18-19-14(20)22-8-12(21)17-11-6-5-10(15)7-16-11/h5-7,9H,2-4,8H2,1H3,(H,16,17,21). The minimum atomic E-state index is -0.126. The van der Waals surface area contributed by atoms with Crippen molar-refractivity contribution in [1.29, 1.82) is 0 Å². The number of pyridine rings is 1. The average molecular weight is 338 g/mol. The van der Waals surface area contributed by atoms with Gasteiger partial charge < -0.3 is 9.88 Å². The molecule has 0 aromatic carbocycles. The maximum absolute atomic E-state index is 12.0. The third-order valence-corrected chi connectivity index (χ3v) is 4.52. The maximum Gasteiger partial charge on any atom is 0.236 e. The fraction of sp³-hybridized carbons (Fsp3) is 0.429. The number of aromatic nitrogens is 4. The second-order valence-corrected chi connectivity index (χ2v) is 6.44. The van der Waals surface area contributed by atoms with Crippen molar-refractivity contribution in [3.63, 3.8) is 0 Å². The number of hydrogen-bond donors (Lipinski definition) is 1. The number of carbonyl (C=O) groups excluding carboxylic acids is 1. The van der Waals surface area contributed by atoms with E-state index in [1.807, 2.05) is 0 Å². The van der Waals surface area contributed by atoms with Gasteiger partial charge in [0.05, 0.1) is 10.8 Å². The Morgan fingerprint density at radius 3 is 2.91 bits per heavy atom. The van der Waals surface area contributed by atoms with Crippen LogP contribution in [0.5, 0.6) is 0 Å². The van der Waals surface area contributed by atoms with Crippen molar-refractivity contribution in [1.82, 2.24) is 19.7 Å². The quantitative estimate of drug-likeness (QED) is 0.820. The summed E-state index contributed by atoms with van der Waals surface area (Å²) in [5, 5.41) is 12.5. The van der Waals surface area contributed by atoms with Gasteiger partial charge in [0, 0.05) is 18.7 Å². The first-order valence-electron chi connectivity index (χ1n) is 7.14. The van der Waals surface area contributed by atoms with E-state index in [2.05, 4.69) is 32.0 Å². The molecule has 0 saturated heterocycles. The van der Waals surface area contributed by atoms with Crippen LogP contribution < -0.4 is 5.32 Å². The molecule has 1 aliphatic carbocycles. The van der Waals surface area contributed by atoms with Crippen LogP contribution in [0.1, 0.15) is 31.5 Å². The lowest BCUT2D eigenvalue weighted by atomic mass is 10.4. The summed E-state index contributed by atoms with van der Waals surface area (Å²) < 4.78 is 2.09. The SMILES string of the molecule is CCn1c(SCC(=O)Nc2ccc(Cl)cn2)nnc1C1CC1. The topological polar surface area (TPSA) is 72.7 Å². The van der Waals surface area contributed by atoms with Crippen molar-refractivity contribution >= 4 is 35.1 Å². The minimum absolute atomic E-state index is 0.126. The molecular weight excluding hydrogens is 322 g/mol. The molecule has 1 fully saturated rings. The van der Waals surface area contributed by atoms with Crippen LogP contribution in [-0.2, 0) is 11.3 Å². The van der Waals surface area contributed by atoms with E-state index >= 15 is 0 Å². The van der Waals surface area contributed by atoms with E-state index in [9.17, 15) is 4.79 Å². The number of carbonyl (C=O) groups is 1. The van der Waals surface area contributed by atoms with Crippen LogP contribution in [-0.4, -0.2) is 31.4 Å². The Balaban J connectivity index is 1.57. The number of rotatable bonds is 6. The molecule has 8 heteroatoms. The molecule has 1 amide bonds. The summed E-state index contributed by atoms with van der Waals surface area (Å²) >= 11 is 7.15. The molecule has 0 atom stereocenters. The molecule has 1 saturated carbocycles. The molecule has 0 unspecified atom stereocenters. The van der Waals surface area contributed by atoms with Crippen LogP contribution in [0, 0.1) is 0 Å². The molecule has 116 valence electrons. The molecule has 0 bridgehead atoms. The largest absolute Gasteiger partial charge is 0.310 e. The van der Waals surface area contributed by atoms with Crippen molar-refractivity contribution < 1.29 is 4.79 Å². The van der Waals surface area contributed by atoms with E-state index in [4.69, 9.17) is 11.6 Å². The Hall–Kier alpha value is -1.60. The van der Waals surface area contributed by atoms with Gasteiger partial charge in [-0.3, -0.25) is 4.79 Å². The van der Waals surface area contributed by atoms with Crippen LogP contribution in [0.25, 0.3) is 0 Å². The predicted octanol–water partition coefficient (Wildman–Crippen LogP) is 2.95. The van der Waals surface area contributed by atoms with Crippen molar-refractivity contribution in [2.75, 3.05) is 11.1 Å². The van der Waals surface area contributed by atoms with Gasteiger partial charge >= 0.3 is 0 Å². The van der Waals surface area contributed by atoms with Crippen LogP contribution in [0.3, 0.4) is 0 Å². The lowest BCUT2D eigenvalue weighted by Gasteiger charge is -2.07. The molecule has 3 rings (SSSR count). The summed E-state index contributed by atoms with van der Waals surface area (Å²) in [6.45, 7) is 2.89. The third kappa shape index (κ3) is 3.59. The van der Waals surface area contributed by atoms with Gasteiger partial charge in [0.15, 0.2) is 5.16 Å². The Morgan fingerprint density at radius 1 is 1.45 bits per heavy atom. The molecule has 1 aliphatic rings. The van der Waals surface area contributed by atoms with Crippen LogP contribution in [0.15, 0.2) is 23.5 Å². The van der Waals surface area contributed by atoms with E-state index in [0.717, 1.165) is 17.5 Å². The zero-order valence-corrected chi connectivity index (χ0v) is 13.7. The zero-order valence-electron chi connectivity index (χ0n) is 12.1. The van der Waals surface area contributed by atoms with Gasteiger partial charge in [0.1, 0.15) is 11.6 Å². The number of amides is 1. The monoisotopic (exact) mass is 337 g/mol. The molecule has 2 heterocycles. The normalized spacial score (nSPS) is 14.1. The lowest BCUT2D eigenvalue weighted by molar-refractivity contribution is -0.113. The highest BCUT2D eigenvalue weighted by Gasteiger charge is 2.30. The van der Waals surface area contributed by atoms with Crippen molar-refractivity contribution in [2.45, 2.75) is 37.4 Å². The highest BCUT2D eigenvalue weighted by molar-refractivity contribution is 7.99. The fourth-order valence-corrected chi connectivity index (χ4v) is 3.03. The van der Waals surface area contributed by atoms with Crippen LogP contribution >= 0.6 is 23.4 Å². The molecule has 0 radical (unpaired) electrons. The summed E-state index contributed by atoms with van der Waals surface area (Å²) in [5.41, 5.74) is 0. The average Bonchev–Trinajstić information content (AvgIpc) is 3.27. The smallest absolute Gasteiger partial charge is 0.236 e. The van der Waals surface area contributed by atoms with Crippen molar-refractivity contribution in [3.8, 4) is 0 Å². The van der Waals surface area contributed by atoms with Crippen molar-refractivity contribution in [3.05, 3.63) is 29.2 Å². The first-order chi connectivity index (χ1) is 10.7. The Bertz CT molecular complexity index is 668. The van der Waals surface area contributed by atoms with Gasteiger partial charge in [-0.25, -0.2) is 4.98 Å². The van der Waals surface area contributed by atoms with Gasteiger partial charge in [0.2, 0.25) is 5.91 Å². The molecular formula is C14H16ClN5OS. The van der Waals surface area contributed by atoms with E-state index in [1.54, 1.807) is 12.1 Å². The highest BCUT2D eigenvalue weighted by Crippen LogP contribution is 2.39. The molecule has 6 nitrogen and oxygen atoms in total. The highest BCUT2D eigenvalue weighted by atomic mass is 35.5. The maximum atomic E-state index is 12.0. The van der Waals surface area contributed by atoms with Gasteiger partial charge in [-0.15, -0.1) is 10.2 Å².